The van der Waals surface area contributed by atoms with Crippen molar-refractivity contribution in [3.05, 3.63) is 54.1 Å². The van der Waals surface area contributed by atoms with Crippen molar-refractivity contribution in [1.82, 2.24) is 15.4 Å². The molecule has 3 N–H and O–H groups in total. The Balaban J connectivity index is 2.38. The molecule has 0 fully saturated rings. The van der Waals surface area contributed by atoms with E-state index in [1.54, 1.807) is 30.6 Å². The van der Waals surface area contributed by atoms with Crippen LogP contribution in [0.3, 0.4) is 0 Å². The van der Waals surface area contributed by atoms with Crippen molar-refractivity contribution in [1.29, 1.82) is 0 Å². The fraction of sp³-hybridized carbons (Fsp3) is 0.167. The van der Waals surface area contributed by atoms with Gasteiger partial charge in [0, 0.05) is 23.5 Å². The Kier molecular flexibility index (Phi) is 4.32. The third-order valence-corrected chi connectivity index (χ3v) is 2.53. The number of aromatic nitrogens is 2. The maximum atomic E-state index is 12.4. The van der Waals surface area contributed by atoms with E-state index >= 15 is 0 Å². The van der Waals surface area contributed by atoms with Crippen molar-refractivity contribution in [2.24, 2.45) is 5.84 Å². The first kappa shape index (κ1) is 13.3. The van der Waals surface area contributed by atoms with Crippen LogP contribution in [-0.2, 0) is 0 Å². The van der Waals surface area contributed by atoms with E-state index in [0.717, 1.165) is 0 Å². The molecular weight excluding hydrogens is 254 g/mol. The lowest BCUT2D eigenvalue weighted by Crippen LogP contribution is -2.29. The van der Waals surface area contributed by atoms with Gasteiger partial charge in [-0.3, -0.25) is 5.84 Å². The number of nitrogens with two attached hydrogens (primary N) is 1. The van der Waals surface area contributed by atoms with E-state index < -0.39 is 12.7 Å². The summed E-state index contributed by atoms with van der Waals surface area (Å²) in [6, 6.07) is 5.89. The number of rotatable bonds is 5. The maximum Gasteiger partial charge on any atom is 0.387 e. The van der Waals surface area contributed by atoms with E-state index in [1.165, 1.54) is 12.4 Å². The minimum Gasteiger partial charge on any atom is -0.434 e. The fourth-order valence-electron chi connectivity index (χ4n) is 1.75. The second kappa shape index (κ2) is 6.17. The number of nitrogens with zero attached hydrogens (tertiary/aromatic N) is 2. The molecule has 7 heteroatoms. The SMILES string of the molecule is NNC(c1cncnc1)c1ccccc1OC(F)F. The number of ether oxygens (including phenoxy) is 1. The molecule has 0 amide bonds. The van der Waals surface area contributed by atoms with Crippen LogP contribution in [0, 0.1) is 0 Å². The monoisotopic (exact) mass is 266 g/mol. The van der Waals surface area contributed by atoms with Crippen molar-refractivity contribution in [2.45, 2.75) is 12.7 Å². The van der Waals surface area contributed by atoms with E-state index in [4.69, 9.17) is 5.84 Å². The van der Waals surface area contributed by atoms with Gasteiger partial charge in [0.15, 0.2) is 0 Å². The standard InChI is InChI=1S/C12H12F2N4O/c13-12(14)19-10-4-2-1-3-9(10)11(18-15)8-5-16-7-17-6-8/h1-7,11-12,18H,15H2. The van der Waals surface area contributed by atoms with Gasteiger partial charge in [-0.05, 0) is 6.07 Å². The summed E-state index contributed by atoms with van der Waals surface area (Å²) in [6.45, 7) is -2.90. The predicted molar refractivity (Wildman–Crippen MR) is 64.3 cm³/mol. The van der Waals surface area contributed by atoms with E-state index in [2.05, 4.69) is 20.1 Å². The normalized spacial score (nSPS) is 12.4. The summed E-state index contributed by atoms with van der Waals surface area (Å²) < 4.78 is 29.2. The summed E-state index contributed by atoms with van der Waals surface area (Å²) in [5, 5.41) is 0. The van der Waals surface area contributed by atoms with Crippen LogP contribution in [0.5, 0.6) is 5.75 Å². The maximum absolute atomic E-state index is 12.4. The highest BCUT2D eigenvalue weighted by Gasteiger charge is 2.19. The van der Waals surface area contributed by atoms with Gasteiger partial charge in [-0.2, -0.15) is 8.78 Å². The molecule has 0 spiro atoms. The molecule has 0 aliphatic carbocycles. The van der Waals surface area contributed by atoms with Crippen molar-refractivity contribution in [2.75, 3.05) is 0 Å². The van der Waals surface area contributed by atoms with Gasteiger partial charge >= 0.3 is 6.61 Å². The summed E-state index contributed by atoms with van der Waals surface area (Å²) in [5.74, 6) is 5.55. The second-order valence-corrected chi connectivity index (χ2v) is 3.69. The summed E-state index contributed by atoms with van der Waals surface area (Å²) in [7, 11) is 0. The number of halogens is 2. The summed E-state index contributed by atoms with van der Waals surface area (Å²) in [5.41, 5.74) is 3.68. The lowest BCUT2D eigenvalue weighted by Gasteiger charge is -2.19. The van der Waals surface area contributed by atoms with Crippen LogP contribution in [0.4, 0.5) is 8.78 Å². The van der Waals surface area contributed by atoms with E-state index in [0.29, 0.717) is 11.1 Å². The van der Waals surface area contributed by atoms with Gasteiger partial charge in [0.05, 0.1) is 6.04 Å². The lowest BCUT2D eigenvalue weighted by molar-refractivity contribution is -0.0506. The molecule has 1 aromatic carbocycles. The smallest absolute Gasteiger partial charge is 0.387 e. The number of hydrogen-bond acceptors (Lipinski definition) is 5. The molecule has 1 atom stereocenters. The van der Waals surface area contributed by atoms with Crippen molar-refractivity contribution in [3.8, 4) is 5.75 Å². The molecule has 2 rings (SSSR count). The number of benzene rings is 1. The van der Waals surface area contributed by atoms with E-state index in [-0.39, 0.29) is 5.75 Å². The first-order chi connectivity index (χ1) is 9.22. The number of alkyl halides is 2. The third-order valence-electron chi connectivity index (χ3n) is 2.53. The van der Waals surface area contributed by atoms with Gasteiger partial charge in [-0.15, -0.1) is 0 Å². The molecule has 100 valence electrons. The first-order valence-electron chi connectivity index (χ1n) is 5.47. The largest absolute Gasteiger partial charge is 0.434 e. The van der Waals surface area contributed by atoms with E-state index in [1.807, 2.05) is 0 Å². The zero-order valence-electron chi connectivity index (χ0n) is 9.83. The molecule has 0 radical (unpaired) electrons. The quantitative estimate of drug-likeness (QED) is 0.635. The molecule has 19 heavy (non-hydrogen) atoms. The third kappa shape index (κ3) is 3.21. The first-order valence-corrected chi connectivity index (χ1v) is 5.47. The lowest BCUT2D eigenvalue weighted by atomic mass is 10.0. The average Bonchev–Trinajstić information content (AvgIpc) is 2.42. The Bertz CT molecular complexity index is 524. The van der Waals surface area contributed by atoms with Gasteiger partial charge in [0.2, 0.25) is 0 Å². The van der Waals surface area contributed by atoms with E-state index in [9.17, 15) is 8.78 Å². The molecule has 5 nitrogen and oxygen atoms in total. The average molecular weight is 266 g/mol. The number of para-hydroxylation sites is 1. The Morgan fingerprint density at radius 3 is 2.47 bits per heavy atom. The van der Waals surface area contributed by atoms with Crippen LogP contribution in [0.1, 0.15) is 17.2 Å². The van der Waals surface area contributed by atoms with Gasteiger partial charge < -0.3 is 4.74 Å². The van der Waals surface area contributed by atoms with Crippen molar-refractivity contribution < 1.29 is 13.5 Å². The molecule has 1 aromatic heterocycles. The fourth-order valence-corrected chi connectivity index (χ4v) is 1.75. The molecule has 0 aliphatic rings. The molecule has 0 saturated carbocycles. The molecule has 2 aromatic rings. The zero-order valence-corrected chi connectivity index (χ0v) is 9.83. The Labute approximate surface area is 108 Å². The predicted octanol–water partition coefficient (Wildman–Crippen LogP) is 1.63. The number of nitrogens with one attached hydrogen (secondary N) is 1. The highest BCUT2D eigenvalue weighted by molar-refractivity contribution is 5.40. The Morgan fingerprint density at radius 2 is 1.84 bits per heavy atom. The minimum absolute atomic E-state index is 0.0595. The molecule has 1 unspecified atom stereocenters. The summed E-state index contributed by atoms with van der Waals surface area (Å²) >= 11 is 0. The topological polar surface area (TPSA) is 73.1 Å². The van der Waals surface area contributed by atoms with Crippen molar-refractivity contribution in [3.63, 3.8) is 0 Å². The van der Waals surface area contributed by atoms with Crippen LogP contribution in [0.15, 0.2) is 43.0 Å². The summed E-state index contributed by atoms with van der Waals surface area (Å²) in [6.07, 6.45) is 4.48. The van der Waals surface area contributed by atoms with Gasteiger partial charge in [0.25, 0.3) is 0 Å². The number of hydrazine groups is 1. The van der Waals surface area contributed by atoms with Crippen LogP contribution in [0.2, 0.25) is 0 Å². The highest BCUT2D eigenvalue weighted by Crippen LogP contribution is 2.29. The second-order valence-electron chi connectivity index (χ2n) is 3.69. The minimum atomic E-state index is -2.90. The van der Waals surface area contributed by atoms with Gasteiger partial charge in [0.1, 0.15) is 12.1 Å². The number of hydrogen-bond donors (Lipinski definition) is 2. The van der Waals surface area contributed by atoms with Gasteiger partial charge in [-0.25, -0.2) is 15.4 Å². The zero-order chi connectivity index (χ0) is 13.7. The molecular formula is C12H12F2N4O. The van der Waals surface area contributed by atoms with Crippen LogP contribution < -0.4 is 16.0 Å². The molecule has 0 saturated heterocycles. The molecule has 0 aliphatic heterocycles. The van der Waals surface area contributed by atoms with Gasteiger partial charge in [-0.1, -0.05) is 18.2 Å². The van der Waals surface area contributed by atoms with Crippen LogP contribution >= 0.6 is 0 Å². The Morgan fingerprint density at radius 1 is 1.16 bits per heavy atom. The highest BCUT2D eigenvalue weighted by atomic mass is 19.3. The molecule has 1 heterocycles. The van der Waals surface area contributed by atoms with Crippen LogP contribution in [0.25, 0.3) is 0 Å². The van der Waals surface area contributed by atoms with Crippen LogP contribution in [-0.4, -0.2) is 16.6 Å². The van der Waals surface area contributed by atoms with Crippen molar-refractivity contribution >= 4 is 0 Å². The Hall–Kier alpha value is -2.12. The summed E-state index contributed by atoms with van der Waals surface area (Å²) in [4.78, 5) is 7.75. The molecule has 0 bridgehead atoms.